The number of sulfonamides is 1. The van der Waals surface area contributed by atoms with Crippen molar-refractivity contribution >= 4 is 44.3 Å². The molecular formula is C25H29N3O4S2. The highest BCUT2D eigenvalue weighted by Crippen LogP contribution is 2.30. The smallest absolute Gasteiger partial charge is 0.243 e. The molecule has 7 nitrogen and oxygen atoms in total. The molecule has 34 heavy (non-hydrogen) atoms. The van der Waals surface area contributed by atoms with E-state index in [4.69, 9.17) is 4.74 Å². The van der Waals surface area contributed by atoms with Crippen LogP contribution in [0.4, 0.5) is 5.69 Å². The fourth-order valence-corrected chi connectivity index (χ4v) is 6.28. The average molecular weight is 500 g/mol. The van der Waals surface area contributed by atoms with E-state index in [1.807, 2.05) is 44.2 Å². The minimum absolute atomic E-state index is 0.0857. The number of para-hydroxylation sites is 1. The van der Waals surface area contributed by atoms with Gasteiger partial charge in [-0.05, 0) is 61.7 Å². The number of aryl methyl sites for hydroxylation is 2. The molecule has 0 spiro atoms. The van der Waals surface area contributed by atoms with Gasteiger partial charge in [0, 0.05) is 24.2 Å². The first kappa shape index (κ1) is 24.7. The summed E-state index contributed by atoms with van der Waals surface area (Å²) >= 11 is 1.38. The molecule has 2 aromatic carbocycles. The number of carbonyl (C=O) groups excluding carboxylic acids is 1. The van der Waals surface area contributed by atoms with E-state index in [1.54, 1.807) is 18.2 Å². The van der Waals surface area contributed by atoms with Gasteiger partial charge in [-0.2, -0.15) is 4.31 Å². The van der Waals surface area contributed by atoms with Crippen LogP contribution in [-0.4, -0.2) is 55.2 Å². The molecule has 1 atom stereocenters. The van der Waals surface area contributed by atoms with Crippen molar-refractivity contribution in [2.75, 3.05) is 31.6 Å². The summed E-state index contributed by atoms with van der Waals surface area (Å²) in [6, 6.07) is 14.7. The van der Waals surface area contributed by atoms with Crippen LogP contribution in [0.3, 0.4) is 0 Å². The monoisotopic (exact) mass is 499 g/mol. The summed E-state index contributed by atoms with van der Waals surface area (Å²) in [4.78, 5) is 17.7. The van der Waals surface area contributed by atoms with Crippen molar-refractivity contribution in [3.8, 4) is 0 Å². The zero-order valence-corrected chi connectivity index (χ0v) is 21.2. The standard InChI is InChI=1S/C25H29N3O4S2/c1-4-19-7-5-6-8-22(19)27-25(29)18(3)33-24-15-17(2)21-16-20(9-10-23(21)26-24)34(30,31)28-11-13-32-14-12-28/h5-10,15-16,18H,4,11-14H2,1-3H3,(H,27,29)/t18-/m1/s1. The molecule has 1 aliphatic heterocycles. The van der Waals surface area contributed by atoms with Crippen molar-refractivity contribution < 1.29 is 17.9 Å². The predicted octanol–water partition coefficient (Wildman–Crippen LogP) is 4.25. The second kappa shape index (κ2) is 10.4. The number of pyridine rings is 1. The zero-order chi connectivity index (χ0) is 24.3. The van der Waals surface area contributed by atoms with Crippen LogP contribution in [0.2, 0.25) is 0 Å². The van der Waals surface area contributed by atoms with Crippen molar-refractivity contribution in [2.24, 2.45) is 0 Å². The number of ether oxygens (including phenoxy) is 1. The van der Waals surface area contributed by atoms with E-state index >= 15 is 0 Å². The van der Waals surface area contributed by atoms with Crippen LogP contribution < -0.4 is 5.32 Å². The number of aromatic nitrogens is 1. The van der Waals surface area contributed by atoms with Crippen molar-refractivity contribution in [1.29, 1.82) is 0 Å². The lowest BCUT2D eigenvalue weighted by molar-refractivity contribution is -0.115. The van der Waals surface area contributed by atoms with Crippen LogP contribution >= 0.6 is 11.8 Å². The van der Waals surface area contributed by atoms with Crippen LogP contribution in [0, 0.1) is 6.92 Å². The Labute approximate surface area is 205 Å². The van der Waals surface area contributed by atoms with Gasteiger partial charge >= 0.3 is 0 Å². The topological polar surface area (TPSA) is 88.6 Å². The predicted molar refractivity (Wildman–Crippen MR) is 136 cm³/mol. The molecule has 9 heteroatoms. The Balaban J connectivity index is 1.53. The van der Waals surface area contributed by atoms with Gasteiger partial charge in [-0.25, -0.2) is 13.4 Å². The lowest BCUT2D eigenvalue weighted by atomic mass is 10.1. The van der Waals surface area contributed by atoms with Crippen LogP contribution in [0.15, 0.2) is 58.5 Å². The number of fused-ring (bicyclic) bond motifs is 1. The molecule has 3 aromatic rings. The summed E-state index contributed by atoms with van der Waals surface area (Å²) < 4.78 is 32.8. The lowest BCUT2D eigenvalue weighted by Crippen LogP contribution is -2.40. The highest BCUT2D eigenvalue weighted by atomic mass is 32.2. The molecule has 0 saturated carbocycles. The molecule has 4 rings (SSSR count). The molecular weight excluding hydrogens is 470 g/mol. The molecule has 1 N–H and O–H groups in total. The number of hydrogen-bond acceptors (Lipinski definition) is 6. The highest BCUT2D eigenvalue weighted by molar-refractivity contribution is 8.00. The van der Waals surface area contributed by atoms with Crippen molar-refractivity contribution in [3.63, 3.8) is 0 Å². The second-order valence-corrected chi connectivity index (χ2v) is 11.5. The van der Waals surface area contributed by atoms with Crippen LogP contribution in [0.25, 0.3) is 10.9 Å². The maximum Gasteiger partial charge on any atom is 0.243 e. The third kappa shape index (κ3) is 5.27. The Morgan fingerprint density at radius 1 is 1.18 bits per heavy atom. The number of thioether (sulfide) groups is 1. The Morgan fingerprint density at radius 2 is 1.91 bits per heavy atom. The highest BCUT2D eigenvalue weighted by Gasteiger charge is 2.27. The van der Waals surface area contributed by atoms with E-state index < -0.39 is 10.0 Å². The summed E-state index contributed by atoms with van der Waals surface area (Å²) in [7, 11) is -3.58. The average Bonchev–Trinajstić information content (AvgIpc) is 2.84. The van der Waals surface area contributed by atoms with E-state index in [0.717, 1.165) is 33.6 Å². The number of nitrogens with one attached hydrogen (secondary N) is 1. The molecule has 2 heterocycles. The van der Waals surface area contributed by atoms with Crippen molar-refractivity contribution in [3.05, 3.63) is 59.7 Å². The summed E-state index contributed by atoms with van der Waals surface area (Å²) in [6.45, 7) is 7.37. The maximum atomic E-state index is 13.0. The number of nitrogens with zero attached hydrogens (tertiary/aromatic N) is 2. The summed E-state index contributed by atoms with van der Waals surface area (Å²) in [5, 5.41) is 4.18. The normalized spacial score (nSPS) is 15.9. The van der Waals surface area contributed by atoms with Gasteiger partial charge < -0.3 is 10.1 Å². The number of hydrogen-bond donors (Lipinski definition) is 1. The Hall–Kier alpha value is -2.46. The zero-order valence-electron chi connectivity index (χ0n) is 19.6. The van der Waals surface area contributed by atoms with Crippen molar-refractivity contribution in [2.45, 2.75) is 42.4 Å². The van der Waals surface area contributed by atoms with Gasteiger partial charge in [-0.3, -0.25) is 4.79 Å². The van der Waals surface area contributed by atoms with Crippen molar-refractivity contribution in [1.82, 2.24) is 9.29 Å². The molecule has 1 fully saturated rings. The Kier molecular flexibility index (Phi) is 7.57. The van der Waals surface area contributed by atoms with Gasteiger partial charge in [0.2, 0.25) is 15.9 Å². The molecule has 0 unspecified atom stereocenters. The van der Waals surface area contributed by atoms with Crippen LogP contribution in [0.1, 0.15) is 25.0 Å². The maximum absolute atomic E-state index is 13.0. The van der Waals surface area contributed by atoms with Gasteiger partial charge in [0.05, 0.1) is 33.9 Å². The van der Waals surface area contributed by atoms with Gasteiger partial charge in [0.25, 0.3) is 0 Å². The summed E-state index contributed by atoms with van der Waals surface area (Å²) in [5.41, 5.74) is 3.54. The third-order valence-electron chi connectivity index (χ3n) is 5.89. The number of amides is 1. The van der Waals surface area contributed by atoms with Gasteiger partial charge in [0.15, 0.2) is 0 Å². The summed E-state index contributed by atoms with van der Waals surface area (Å²) in [6.07, 6.45) is 0.840. The third-order valence-corrected chi connectivity index (χ3v) is 8.81. The SMILES string of the molecule is CCc1ccccc1NC(=O)[C@@H](C)Sc1cc(C)c2cc(S(=O)(=O)N3CCOCC3)ccc2n1. The molecule has 1 amide bonds. The largest absolute Gasteiger partial charge is 0.379 e. The summed E-state index contributed by atoms with van der Waals surface area (Å²) in [5.74, 6) is -0.0857. The first-order chi connectivity index (χ1) is 16.3. The Bertz CT molecular complexity index is 1300. The molecule has 1 saturated heterocycles. The first-order valence-electron chi connectivity index (χ1n) is 11.3. The second-order valence-electron chi connectivity index (χ2n) is 8.23. The van der Waals surface area contributed by atoms with Crippen LogP contribution in [-0.2, 0) is 26.0 Å². The van der Waals surface area contributed by atoms with E-state index in [-0.39, 0.29) is 16.1 Å². The number of morpholine rings is 1. The number of carbonyl (C=O) groups is 1. The molecule has 180 valence electrons. The first-order valence-corrected chi connectivity index (χ1v) is 13.7. The minimum Gasteiger partial charge on any atom is -0.379 e. The molecule has 0 aliphatic carbocycles. The lowest BCUT2D eigenvalue weighted by Gasteiger charge is -2.26. The number of benzene rings is 2. The molecule has 1 aromatic heterocycles. The van der Waals surface area contributed by atoms with E-state index in [0.29, 0.717) is 31.8 Å². The van der Waals surface area contributed by atoms with E-state index in [1.165, 1.54) is 16.1 Å². The van der Waals surface area contributed by atoms with E-state index in [9.17, 15) is 13.2 Å². The van der Waals surface area contributed by atoms with E-state index in [2.05, 4.69) is 17.2 Å². The fourth-order valence-electron chi connectivity index (χ4n) is 3.92. The van der Waals surface area contributed by atoms with Gasteiger partial charge in [0.1, 0.15) is 0 Å². The molecule has 1 aliphatic rings. The minimum atomic E-state index is -3.58. The molecule has 0 radical (unpaired) electrons. The fraction of sp³-hybridized carbons (Fsp3) is 0.360. The Morgan fingerprint density at radius 3 is 2.65 bits per heavy atom. The van der Waals surface area contributed by atoms with Gasteiger partial charge in [-0.1, -0.05) is 36.9 Å². The number of anilines is 1. The number of rotatable bonds is 7. The van der Waals surface area contributed by atoms with Gasteiger partial charge in [-0.15, -0.1) is 0 Å². The van der Waals surface area contributed by atoms with Crippen LogP contribution in [0.5, 0.6) is 0 Å². The quantitative estimate of drug-likeness (QED) is 0.489. The molecule has 0 bridgehead atoms.